The van der Waals surface area contributed by atoms with E-state index >= 15 is 0 Å². The summed E-state index contributed by atoms with van der Waals surface area (Å²) < 4.78 is 0. The predicted molar refractivity (Wildman–Crippen MR) is 99.1 cm³/mol. The number of nitro groups is 2. The van der Waals surface area contributed by atoms with Crippen molar-refractivity contribution in [3.05, 3.63) is 68.8 Å². The molecule has 0 radical (unpaired) electrons. The Labute approximate surface area is 152 Å². The number of fused-ring (bicyclic) bond motifs is 1. The fourth-order valence-electron chi connectivity index (χ4n) is 2.59. The summed E-state index contributed by atoms with van der Waals surface area (Å²) in [6.45, 7) is 0. The van der Waals surface area contributed by atoms with Crippen molar-refractivity contribution in [1.29, 1.82) is 0 Å². The van der Waals surface area contributed by atoms with Crippen molar-refractivity contribution in [3.63, 3.8) is 0 Å². The summed E-state index contributed by atoms with van der Waals surface area (Å²) in [6, 6.07) is 11.7. The van der Waals surface area contributed by atoms with E-state index in [1.165, 1.54) is 0 Å². The average Bonchev–Trinajstić information content (AvgIpc) is 2.67. The van der Waals surface area contributed by atoms with E-state index in [1.54, 1.807) is 25.2 Å². The first kappa shape index (κ1) is 17.7. The number of nitrogens with one attached hydrogen (secondary N) is 1. The highest BCUT2D eigenvalue weighted by atomic mass is 16.6. The monoisotopic (exact) mass is 367 g/mol. The summed E-state index contributed by atoms with van der Waals surface area (Å²) in [4.78, 5) is 20.5. The third-order valence-corrected chi connectivity index (χ3v) is 3.90. The van der Waals surface area contributed by atoms with Crippen LogP contribution in [0.5, 0.6) is 5.75 Å². The molecule has 3 aromatic carbocycles. The summed E-state index contributed by atoms with van der Waals surface area (Å²) in [7, 11) is 1.71. The van der Waals surface area contributed by atoms with Crippen molar-refractivity contribution in [2.75, 3.05) is 12.4 Å². The molecule has 0 aromatic heterocycles. The topological polar surface area (TPSA) is 143 Å². The van der Waals surface area contributed by atoms with Gasteiger partial charge in [-0.05, 0) is 12.1 Å². The average molecular weight is 367 g/mol. The Balaban J connectivity index is 2.10. The molecule has 0 aliphatic carbocycles. The summed E-state index contributed by atoms with van der Waals surface area (Å²) in [5, 5.41) is 44.4. The SMILES string of the molecule is CNc1cc(N=Nc2ccc([N+](=O)[O-])cc2[N+](=O)[O-])c(O)c2ccccc12. The highest BCUT2D eigenvalue weighted by Crippen LogP contribution is 2.41. The van der Waals surface area contributed by atoms with Crippen molar-refractivity contribution in [2.45, 2.75) is 0 Å². The molecule has 0 fully saturated rings. The van der Waals surface area contributed by atoms with Gasteiger partial charge in [-0.2, -0.15) is 0 Å². The number of phenols is 1. The highest BCUT2D eigenvalue weighted by Gasteiger charge is 2.19. The van der Waals surface area contributed by atoms with E-state index < -0.39 is 21.2 Å². The van der Waals surface area contributed by atoms with Gasteiger partial charge in [-0.15, -0.1) is 10.2 Å². The molecule has 0 bridgehead atoms. The standard InChI is InChI=1S/C17H13N5O5/c1-18-14-9-15(17(23)12-5-3-2-4-11(12)14)20-19-13-7-6-10(21(24)25)8-16(13)22(26)27/h2-9,18,23H,1H3. The summed E-state index contributed by atoms with van der Waals surface area (Å²) >= 11 is 0. The molecule has 0 heterocycles. The number of rotatable bonds is 5. The minimum atomic E-state index is -0.777. The van der Waals surface area contributed by atoms with Crippen molar-refractivity contribution >= 4 is 39.2 Å². The van der Waals surface area contributed by atoms with Gasteiger partial charge < -0.3 is 10.4 Å². The smallest absolute Gasteiger partial charge is 0.303 e. The van der Waals surface area contributed by atoms with E-state index in [2.05, 4.69) is 15.5 Å². The molecule has 2 N–H and O–H groups in total. The Morgan fingerprint density at radius 2 is 1.59 bits per heavy atom. The number of hydrogen-bond donors (Lipinski definition) is 2. The summed E-state index contributed by atoms with van der Waals surface area (Å²) in [5.41, 5.74) is -0.348. The number of nitrogens with zero attached hydrogens (tertiary/aromatic N) is 4. The minimum Gasteiger partial charge on any atom is -0.505 e. The van der Waals surface area contributed by atoms with Gasteiger partial charge in [-0.3, -0.25) is 20.2 Å². The van der Waals surface area contributed by atoms with Crippen LogP contribution in [0.3, 0.4) is 0 Å². The molecule has 3 rings (SSSR count). The molecule has 0 amide bonds. The lowest BCUT2D eigenvalue weighted by Crippen LogP contribution is -1.92. The van der Waals surface area contributed by atoms with Crippen LogP contribution >= 0.6 is 0 Å². The second kappa shape index (κ2) is 7.04. The van der Waals surface area contributed by atoms with Gasteiger partial charge in [0.2, 0.25) is 0 Å². The van der Waals surface area contributed by atoms with E-state index in [4.69, 9.17) is 0 Å². The molecule has 27 heavy (non-hydrogen) atoms. The Morgan fingerprint density at radius 1 is 0.926 bits per heavy atom. The molecule has 0 unspecified atom stereocenters. The maximum Gasteiger partial charge on any atom is 0.303 e. The highest BCUT2D eigenvalue weighted by molar-refractivity contribution is 6.01. The largest absolute Gasteiger partial charge is 0.505 e. The maximum absolute atomic E-state index is 11.2. The number of benzene rings is 3. The minimum absolute atomic E-state index is 0.103. The number of phenolic OH excluding ortho intramolecular Hbond substituents is 1. The Morgan fingerprint density at radius 3 is 2.22 bits per heavy atom. The second-order valence-corrected chi connectivity index (χ2v) is 5.47. The fraction of sp³-hybridized carbons (Fsp3) is 0.0588. The van der Waals surface area contributed by atoms with Crippen LogP contribution in [-0.4, -0.2) is 22.0 Å². The number of non-ortho nitro benzene ring substituents is 1. The van der Waals surface area contributed by atoms with Gasteiger partial charge in [0, 0.05) is 29.6 Å². The summed E-state index contributed by atoms with van der Waals surface area (Å²) in [6.07, 6.45) is 0. The number of anilines is 1. The third-order valence-electron chi connectivity index (χ3n) is 3.90. The Hall–Kier alpha value is -4.08. The lowest BCUT2D eigenvalue weighted by Gasteiger charge is -2.09. The maximum atomic E-state index is 11.2. The molecule has 0 saturated heterocycles. The third kappa shape index (κ3) is 3.35. The molecule has 10 heteroatoms. The van der Waals surface area contributed by atoms with Gasteiger partial charge >= 0.3 is 5.69 Å². The number of hydrogen-bond acceptors (Lipinski definition) is 8. The van der Waals surface area contributed by atoms with Gasteiger partial charge in [0.05, 0.1) is 15.9 Å². The van der Waals surface area contributed by atoms with Gasteiger partial charge in [0.1, 0.15) is 5.69 Å². The van der Waals surface area contributed by atoms with Crippen LogP contribution in [0.15, 0.2) is 58.8 Å². The van der Waals surface area contributed by atoms with Crippen LogP contribution in [0.25, 0.3) is 10.8 Å². The van der Waals surface area contributed by atoms with Crippen molar-refractivity contribution in [3.8, 4) is 5.75 Å². The van der Waals surface area contributed by atoms with E-state index in [9.17, 15) is 25.3 Å². The van der Waals surface area contributed by atoms with Crippen molar-refractivity contribution < 1.29 is 15.0 Å². The van der Waals surface area contributed by atoms with Gasteiger partial charge in [0.15, 0.2) is 11.4 Å². The van der Waals surface area contributed by atoms with Gasteiger partial charge in [-0.1, -0.05) is 24.3 Å². The van der Waals surface area contributed by atoms with Crippen LogP contribution in [0, 0.1) is 20.2 Å². The zero-order valence-corrected chi connectivity index (χ0v) is 14.0. The zero-order chi connectivity index (χ0) is 19.6. The molecular weight excluding hydrogens is 354 g/mol. The molecule has 0 atom stereocenters. The van der Waals surface area contributed by atoms with Crippen LogP contribution in [0.2, 0.25) is 0 Å². The summed E-state index contributed by atoms with van der Waals surface area (Å²) in [5.74, 6) is -0.127. The Bertz CT molecular complexity index is 1100. The first-order chi connectivity index (χ1) is 12.9. The van der Waals surface area contributed by atoms with Crippen LogP contribution < -0.4 is 5.32 Å². The lowest BCUT2D eigenvalue weighted by atomic mass is 10.1. The normalized spacial score (nSPS) is 11.0. The van der Waals surface area contributed by atoms with E-state index in [0.717, 1.165) is 23.6 Å². The quantitative estimate of drug-likeness (QED) is 0.286. The number of nitro benzene ring substituents is 2. The van der Waals surface area contributed by atoms with Crippen LogP contribution in [0.1, 0.15) is 0 Å². The van der Waals surface area contributed by atoms with E-state index in [-0.39, 0.29) is 17.1 Å². The van der Waals surface area contributed by atoms with Crippen LogP contribution in [0.4, 0.5) is 28.4 Å². The fourth-order valence-corrected chi connectivity index (χ4v) is 2.59. The first-order valence-electron chi connectivity index (χ1n) is 7.69. The van der Waals surface area contributed by atoms with E-state index in [0.29, 0.717) is 11.1 Å². The molecule has 0 aliphatic rings. The zero-order valence-electron chi connectivity index (χ0n) is 14.0. The van der Waals surface area contributed by atoms with Gasteiger partial charge in [0.25, 0.3) is 5.69 Å². The molecule has 0 spiro atoms. The molecule has 3 aromatic rings. The predicted octanol–water partition coefficient (Wildman–Crippen LogP) is 4.82. The molecule has 0 aliphatic heterocycles. The Kier molecular flexibility index (Phi) is 4.62. The second-order valence-electron chi connectivity index (χ2n) is 5.47. The molecule has 10 nitrogen and oxygen atoms in total. The van der Waals surface area contributed by atoms with Crippen molar-refractivity contribution in [2.24, 2.45) is 10.2 Å². The first-order valence-corrected chi connectivity index (χ1v) is 7.69. The lowest BCUT2D eigenvalue weighted by molar-refractivity contribution is -0.393. The van der Waals surface area contributed by atoms with Gasteiger partial charge in [-0.25, -0.2) is 0 Å². The number of aromatic hydroxyl groups is 1. The van der Waals surface area contributed by atoms with Crippen molar-refractivity contribution in [1.82, 2.24) is 0 Å². The van der Waals surface area contributed by atoms with E-state index in [1.807, 2.05) is 12.1 Å². The molecule has 0 saturated carbocycles. The number of azo groups is 1. The van der Waals surface area contributed by atoms with Crippen LogP contribution in [-0.2, 0) is 0 Å². The molecular formula is C17H13N5O5. The molecule has 136 valence electrons.